The first-order chi connectivity index (χ1) is 15.5. The monoisotopic (exact) mass is 546 g/mol. The Balaban J connectivity index is 1.66. The molecular weight excluding hydrogens is 524 g/mol. The van der Waals surface area contributed by atoms with Gasteiger partial charge in [0.2, 0.25) is 6.36 Å². The molecule has 0 saturated heterocycles. The number of hydrogen-bond donors (Lipinski definition) is 1. The van der Waals surface area contributed by atoms with Crippen molar-refractivity contribution in [1.82, 2.24) is 15.0 Å². The van der Waals surface area contributed by atoms with Crippen molar-refractivity contribution in [2.75, 3.05) is 19.0 Å². The van der Waals surface area contributed by atoms with Gasteiger partial charge in [-0.1, -0.05) is 0 Å². The molecule has 0 spiro atoms. The number of alkyl halides is 1. The van der Waals surface area contributed by atoms with Crippen LogP contribution in [0, 0.1) is 0 Å². The van der Waals surface area contributed by atoms with Gasteiger partial charge in [0.1, 0.15) is 0 Å². The van der Waals surface area contributed by atoms with Gasteiger partial charge in [0.05, 0.1) is 0 Å². The summed E-state index contributed by atoms with van der Waals surface area (Å²) < 4.78 is 30.4. The van der Waals surface area contributed by atoms with Crippen molar-refractivity contribution < 1.29 is 35.3 Å². The number of methoxy groups -OCH3 is 1. The third-order valence-corrected chi connectivity index (χ3v) is 6.74. The number of nitrogens with zero attached hydrogens (tertiary/aromatic N) is 4. The van der Waals surface area contributed by atoms with E-state index in [9.17, 15) is 4.39 Å². The number of fused-ring (bicyclic) bond motifs is 1. The second-order valence-electron chi connectivity index (χ2n) is 7.03. The van der Waals surface area contributed by atoms with E-state index in [2.05, 4.69) is 33.6 Å². The fourth-order valence-corrected chi connectivity index (χ4v) is 4.65. The number of allylic oxidation sites excluding steroid dienone is 1. The Hall–Kier alpha value is -3.08. The third-order valence-electron chi connectivity index (χ3n) is 4.62. The molecule has 32 heavy (non-hydrogen) atoms. The van der Waals surface area contributed by atoms with Crippen molar-refractivity contribution in [3.63, 3.8) is 0 Å². The van der Waals surface area contributed by atoms with E-state index < -0.39 is 6.36 Å². The van der Waals surface area contributed by atoms with E-state index in [0.717, 1.165) is 16.7 Å². The van der Waals surface area contributed by atoms with Crippen molar-refractivity contribution in [2.45, 2.75) is 20.2 Å². The Morgan fingerprint density at radius 2 is 2.03 bits per heavy atom. The standard InChI is InChI=1S/C23H22FIN5O2/c1-14-4-5-16(10-25-30-14)11-27-23-19-8-17(9-21(31-3)22(19)28-13-29-23)20-7-6-18(12-26-20)32-15(2)24/h4-10,12-13,15H,11H2,1-3H3,(H,27,28,29)/q-1. The van der Waals surface area contributed by atoms with Crippen LogP contribution >= 0.6 is 0 Å². The average Bonchev–Trinajstić information content (AvgIpc) is 3.01. The molecule has 2 aromatic heterocycles. The van der Waals surface area contributed by atoms with Gasteiger partial charge in [-0.05, 0) is 0 Å². The quantitative estimate of drug-likeness (QED) is 0.455. The van der Waals surface area contributed by atoms with Crippen LogP contribution < -0.4 is 36.3 Å². The summed E-state index contributed by atoms with van der Waals surface area (Å²) >= 11 is -0.335. The number of rotatable bonds is 7. The maximum atomic E-state index is 13.1. The van der Waals surface area contributed by atoms with Gasteiger partial charge in [0.25, 0.3) is 0 Å². The van der Waals surface area contributed by atoms with Crippen molar-refractivity contribution in [1.29, 1.82) is 0 Å². The Bertz CT molecular complexity index is 1210. The summed E-state index contributed by atoms with van der Waals surface area (Å²) in [6.45, 7) is 3.97. The van der Waals surface area contributed by atoms with E-state index in [-0.39, 0.29) is 21.5 Å². The van der Waals surface area contributed by atoms with E-state index in [4.69, 9.17) is 9.47 Å². The van der Waals surface area contributed by atoms with Gasteiger partial charge in [-0.2, -0.15) is 0 Å². The van der Waals surface area contributed by atoms with Crippen molar-refractivity contribution in [3.05, 3.63) is 58.6 Å². The molecule has 0 bridgehead atoms. The van der Waals surface area contributed by atoms with Gasteiger partial charge in [0.15, 0.2) is 0 Å². The molecule has 4 rings (SSSR count). The molecule has 0 fully saturated rings. The average molecular weight is 546 g/mol. The topological polar surface area (TPSA) is 81.5 Å². The van der Waals surface area contributed by atoms with Crippen molar-refractivity contribution in [2.24, 2.45) is 3.21 Å². The van der Waals surface area contributed by atoms with Crippen LogP contribution in [0.25, 0.3) is 22.2 Å². The predicted octanol–water partition coefficient (Wildman–Crippen LogP) is 1.73. The van der Waals surface area contributed by atoms with Crippen LogP contribution in [0.1, 0.15) is 13.8 Å². The molecule has 3 heterocycles. The number of benzene rings is 1. The minimum atomic E-state index is -1.40. The number of aromatic nitrogens is 3. The van der Waals surface area contributed by atoms with Crippen LogP contribution in [0.2, 0.25) is 0 Å². The zero-order chi connectivity index (χ0) is 22.5. The molecule has 3 aromatic rings. The molecule has 1 atom stereocenters. The summed E-state index contributed by atoms with van der Waals surface area (Å²) in [5, 5.41) is 4.24. The summed E-state index contributed by atoms with van der Waals surface area (Å²) in [4.78, 5) is 13.3. The second-order valence-corrected chi connectivity index (χ2v) is 8.69. The Morgan fingerprint density at radius 1 is 1.16 bits per heavy atom. The Labute approximate surface area is 196 Å². The summed E-state index contributed by atoms with van der Waals surface area (Å²) in [6, 6.07) is 7.31. The summed E-state index contributed by atoms with van der Waals surface area (Å²) in [5.74, 6) is 1.69. The number of hydrogen-bond acceptors (Lipinski definition) is 7. The van der Waals surface area contributed by atoms with E-state index in [1.54, 1.807) is 19.2 Å². The first kappa shape index (κ1) is 22.1. The molecule has 1 unspecified atom stereocenters. The molecule has 1 N–H and O–H groups in total. The van der Waals surface area contributed by atoms with Crippen molar-refractivity contribution in [3.8, 4) is 22.8 Å². The SMILES string of the molecule is COc1cc(-c2ccc(OC(C)F)cn2)cc2c(NCC3=C[I-]N=C(C)C=C3)ncnc12. The molecule has 0 saturated carbocycles. The third kappa shape index (κ3) is 5.21. The van der Waals surface area contributed by atoms with Crippen LogP contribution in [0.5, 0.6) is 11.5 Å². The molecule has 1 aliphatic heterocycles. The minimum absolute atomic E-state index is 0.335. The van der Waals surface area contributed by atoms with Crippen LogP contribution in [0.15, 0.2) is 61.8 Å². The van der Waals surface area contributed by atoms with E-state index >= 15 is 0 Å². The molecule has 9 heteroatoms. The molecule has 0 radical (unpaired) electrons. The predicted molar refractivity (Wildman–Crippen MR) is 119 cm³/mol. The van der Waals surface area contributed by atoms with Gasteiger partial charge in [-0.3, -0.25) is 0 Å². The van der Waals surface area contributed by atoms with Gasteiger partial charge in [0, 0.05) is 6.92 Å². The zero-order valence-corrected chi connectivity index (χ0v) is 20.0. The Kier molecular flexibility index (Phi) is 6.93. The van der Waals surface area contributed by atoms with E-state index in [1.807, 2.05) is 25.1 Å². The molecule has 7 nitrogen and oxygen atoms in total. The van der Waals surface area contributed by atoms with Crippen LogP contribution in [0.4, 0.5) is 10.2 Å². The van der Waals surface area contributed by atoms with Gasteiger partial charge >= 0.3 is 174 Å². The molecule has 0 amide bonds. The van der Waals surface area contributed by atoms with E-state index in [0.29, 0.717) is 35.1 Å². The van der Waals surface area contributed by atoms with Crippen LogP contribution in [0.3, 0.4) is 0 Å². The number of ether oxygens (including phenoxy) is 2. The molecule has 0 aliphatic carbocycles. The number of pyridine rings is 1. The normalized spacial score (nSPS) is 14.6. The summed E-state index contributed by atoms with van der Waals surface area (Å²) in [6.07, 6.45) is 5.74. The first-order valence-corrected chi connectivity index (χ1v) is 12.1. The van der Waals surface area contributed by atoms with Gasteiger partial charge < -0.3 is 4.74 Å². The van der Waals surface area contributed by atoms with Crippen LogP contribution in [-0.4, -0.2) is 40.7 Å². The first-order valence-electron chi connectivity index (χ1n) is 9.91. The molecular formula is C23H22FIN5O2-. The number of nitrogens with one attached hydrogen (secondary N) is 1. The van der Waals surface area contributed by atoms with E-state index in [1.165, 1.54) is 25.0 Å². The molecule has 1 aliphatic rings. The summed E-state index contributed by atoms with van der Waals surface area (Å²) in [7, 11) is 1.61. The van der Waals surface area contributed by atoms with Gasteiger partial charge in [-0.15, -0.1) is 0 Å². The maximum absolute atomic E-state index is 13.1. The molecule has 1 aromatic carbocycles. The van der Waals surface area contributed by atoms with Crippen LogP contribution in [-0.2, 0) is 0 Å². The Morgan fingerprint density at radius 3 is 2.78 bits per heavy atom. The fraction of sp³-hybridized carbons (Fsp3) is 0.217. The number of halogens is 2. The fourth-order valence-electron chi connectivity index (χ4n) is 3.13. The molecule has 166 valence electrons. The zero-order valence-electron chi connectivity index (χ0n) is 17.8. The summed E-state index contributed by atoms with van der Waals surface area (Å²) in [5.41, 5.74) is 4.46. The van der Waals surface area contributed by atoms with Gasteiger partial charge in [-0.25, -0.2) is 4.39 Å². The second kappa shape index (κ2) is 10.0. The van der Waals surface area contributed by atoms with Crippen molar-refractivity contribution >= 4 is 22.4 Å². The number of anilines is 1.